The minimum absolute atomic E-state index is 0.407. The van der Waals surface area contributed by atoms with Gasteiger partial charge in [-0.2, -0.15) is 10.5 Å². The summed E-state index contributed by atoms with van der Waals surface area (Å²) in [5, 5.41) is 24.5. The third kappa shape index (κ3) is 6.76. The van der Waals surface area contributed by atoms with Gasteiger partial charge < -0.3 is 20.2 Å². The summed E-state index contributed by atoms with van der Waals surface area (Å²) in [6.45, 7) is 2.97. The summed E-state index contributed by atoms with van der Waals surface area (Å²) in [5.41, 5.74) is 0.172. The van der Waals surface area contributed by atoms with Gasteiger partial charge >= 0.3 is 0 Å². The van der Waals surface area contributed by atoms with E-state index in [2.05, 4.69) is 10.6 Å². The fraction of sp³-hybridized carbons (Fsp3) is 0.500. The standard InChI is InChI=1S/C18H21N3O2.C2H7N/c1-2-18(16(10-19)13-22,17(11-20)14-23)8-9-21-12-15-6-4-3-5-7-15;1-3-2/h3-7,13-14,16-17,21H,2,8-9,12H2,1H3;3H,1-2H3. The van der Waals surface area contributed by atoms with E-state index in [4.69, 9.17) is 0 Å². The van der Waals surface area contributed by atoms with Crippen LogP contribution in [-0.4, -0.2) is 33.2 Å². The van der Waals surface area contributed by atoms with Crippen molar-refractivity contribution in [1.29, 1.82) is 10.5 Å². The molecule has 0 bridgehead atoms. The first-order valence-electron chi connectivity index (χ1n) is 8.63. The second-order valence-corrected chi connectivity index (χ2v) is 5.98. The Morgan fingerprint density at radius 2 is 1.58 bits per heavy atom. The first kappa shape index (κ1) is 23.5. The number of hydrogen-bond donors (Lipinski definition) is 2. The van der Waals surface area contributed by atoms with Crippen LogP contribution in [0.5, 0.6) is 0 Å². The smallest absolute Gasteiger partial charge is 0.137 e. The molecule has 0 aromatic heterocycles. The average Bonchev–Trinajstić information content (AvgIpc) is 2.67. The summed E-state index contributed by atoms with van der Waals surface area (Å²) in [6, 6.07) is 13.7. The molecule has 0 amide bonds. The number of aldehydes is 2. The van der Waals surface area contributed by atoms with E-state index in [-0.39, 0.29) is 0 Å². The molecule has 0 spiro atoms. The maximum atomic E-state index is 11.3. The van der Waals surface area contributed by atoms with E-state index in [1.807, 2.05) is 56.6 Å². The van der Waals surface area contributed by atoms with Crippen LogP contribution in [0.2, 0.25) is 0 Å². The third-order valence-electron chi connectivity index (χ3n) is 4.39. The van der Waals surface area contributed by atoms with E-state index in [0.717, 1.165) is 5.56 Å². The summed E-state index contributed by atoms with van der Waals surface area (Å²) < 4.78 is 0. The maximum absolute atomic E-state index is 11.3. The van der Waals surface area contributed by atoms with E-state index >= 15 is 0 Å². The van der Waals surface area contributed by atoms with Gasteiger partial charge in [-0.05, 0) is 39.0 Å². The van der Waals surface area contributed by atoms with E-state index in [9.17, 15) is 20.1 Å². The zero-order chi connectivity index (χ0) is 19.8. The zero-order valence-electron chi connectivity index (χ0n) is 15.7. The third-order valence-corrected chi connectivity index (χ3v) is 4.39. The van der Waals surface area contributed by atoms with E-state index < -0.39 is 17.3 Å². The van der Waals surface area contributed by atoms with Crippen LogP contribution < -0.4 is 10.6 Å². The molecule has 2 N–H and O–H groups in total. The van der Waals surface area contributed by atoms with Crippen molar-refractivity contribution in [3.05, 3.63) is 35.9 Å². The van der Waals surface area contributed by atoms with Crippen molar-refractivity contribution in [2.24, 2.45) is 17.3 Å². The molecule has 0 radical (unpaired) electrons. The highest BCUT2D eigenvalue weighted by atomic mass is 16.1. The van der Waals surface area contributed by atoms with Crippen LogP contribution in [0.25, 0.3) is 0 Å². The molecular formula is C20H28N4O2. The van der Waals surface area contributed by atoms with Crippen molar-refractivity contribution < 1.29 is 9.59 Å². The van der Waals surface area contributed by atoms with Crippen LogP contribution in [0.15, 0.2) is 30.3 Å². The Labute approximate surface area is 156 Å². The molecule has 1 aromatic rings. The van der Waals surface area contributed by atoms with Gasteiger partial charge in [0.25, 0.3) is 0 Å². The summed E-state index contributed by atoms with van der Waals surface area (Å²) in [7, 11) is 3.75. The summed E-state index contributed by atoms with van der Waals surface area (Å²) >= 11 is 0. The van der Waals surface area contributed by atoms with Crippen LogP contribution in [-0.2, 0) is 16.1 Å². The lowest BCUT2D eigenvalue weighted by molar-refractivity contribution is -0.118. The lowest BCUT2D eigenvalue weighted by Gasteiger charge is -2.36. The molecule has 0 saturated heterocycles. The number of nitrogens with zero attached hydrogens (tertiary/aromatic N) is 2. The Hall–Kier alpha value is -2.54. The fourth-order valence-corrected chi connectivity index (χ4v) is 2.86. The van der Waals surface area contributed by atoms with Gasteiger partial charge in [0.1, 0.15) is 24.4 Å². The Morgan fingerprint density at radius 3 is 1.96 bits per heavy atom. The van der Waals surface area contributed by atoms with Gasteiger partial charge in [0.15, 0.2) is 0 Å². The molecule has 0 saturated carbocycles. The first-order valence-corrected chi connectivity index (χ1v) is 8.63. The topological polar surface area (TPSA) is 106 Å². The molecule has 140 valence electrons. The summed E-state index contributed by atoms with van der Waals surface area (Å²) in [5.74, 6) is -1.94. The molecule has 0 fully saturated rings. The monoisotopic (exact) mass is 356 g/mol. The van der Waals surface area contributed by atoms with Crippen LogP contribution in [0.3, 0.4) is 0 Å². The maximum Gasteiger partial charge on any atom is 0.137 e. The highest BCUT2D eigenvalue weighted by molar-refractivity contribution is 5.65. The van der Waals surface area contributed by atoms with Crippen LogP contribution in [0.1, 0.15) is 25.3 Å². The van der Waals surface area contributed by atoms with Crippen LogP contribution >= 0.6 is 0 Å². The Balaban J connectivity index is 0.00000194. The second kappa shape index (κ2) is 13.7. The molecule has 0 heterocycles. The molecule has 26 heavy (non-hydrogen) atoms. The average molecular weight is 356 g/mol. The second-order valence-electron chi connectivity index (χ2n) is 5.98. The predicted molar refractivity (Wildman–Crippen MR) is 101 cm³/mol. The van der Waals surface area contributed by atoms with Gasteiger partial charge in [-0.25, -0.2) is 0 Å². The molecule has 6 nitrogen and oxygen atoms in total. The molecule has 0 aliphatic rings. The van der Waals surface area contributed by atoms with Gasteiger partial charge in [-0.3, -0.25) is 0 Å². The molecule has 1 aromatic carbocycles. The molecule has 2 atom stereocenters. The lowest BCUT2D eigenvalue weighted by atomic mass is 9.64. The zero-order valence-corrected chi connectivity index (χ0v) is 15.7. The number of carbonyl (C=O) groups is 2. The predicted octanol–water partition coefficient (Wildman–Crippen LogP) is 2.08. The van der Waals surface area contributed by atoms with Gasteiger partial charge in [-0.15, -0.1) is 0 Å². The quantitative estimate of drug-likeness (QED) is 0.491. The van der Waals surface area contributed by atoms with Crippen molar-refractivity contribution in [3.8, 4) is 12.1 Å². The van der Waals surface area contributed by atoms with E-state index in [1.54, 1.807) is 6.92 Å². The Bertz CT molecular complexity index is 578. The van der Waals surface area contributed by atoms with Crippen molar-refractivity contribution >= 4 is 12.6 Å². The molecular weight excluding hydrogens is 328 g/mol. The normalized spacial score (nSPS) is 14.3. The first-order chi connectivity index (χ1) is 12.6. The van der Waals surface area contributed by atoms with Crippen LogP contribution in [0, 0.1) is 39.9 Å². The molecule has 0 aliphatic carbocycles. The van der Waals surface area contributed by atoms with Gasteiger partial charge in [0.05, 0.1) is 12.1 Å². The van der Waals surface area contributed by atoms with Gasteiger partial charge in [0.2, 0.25) is 0 Å². The molecule has 6 heteroatoms. The minimum atomic E-state index is -0.971. The number of rotatable bonds is 10. The van der Waals surface area contributed by atoms with Crippen molar-refractivity contribution in [2.45, 2.75) is 26.3 Å². The molecule has 2 unspecified atom stereocenters. The number of nitrogens with one attached hydrogen (secondary N) is 2. The van der Waals surface area contributed by atoms with E-state index in [0.29, 0.717) is 38.5 Å². The number of hydrogen-bond acceptors (Lipinski definition) is 6. The van der Waals surface area contributed by atoms with Crippen molar-refractivity contribution in [2.75, 3.05) is 20.6 Å². The Kier molecular flexibility index (Phi) is 12.4. The highest BCUT2D eigenvalue weighted by Crippen LogP contribution is 2.40. The van der Waals surface area contributed by atoms with Gasteiger partial charge in [-0.1, -0.05) is 37.3 Å². The minimum Gasteiger partial charge on any atom is -0.323 e. The number of carbonyl (C=O) groups excluding carboxylic acids is 2. The summed E-state index contributed by atoms with van der Waals surface area (Å²) in [6.07, 6.45) is 1.92. The van der Waals surface area contributed by atoms with Crippen molar-refractivity contribution in [3.63, 3.8) is 0 Å². The number of benzene rings is 1. The summed E-state index contributed by atoms with van der Waals surface area (Å²) in [4.78, 5) is 22.5. The van der Waals surface area contributed by atoms with Gasteiger partial charge in [0, 0.05) is 12.0 Å². The SMILES string of the molecule is CCC(CCNCc1ccccc1)(C(C#N)C=O)C(C#N)C=O.CNC. The fourth-order valence-electron chi connectivity index (χ4n) is 2.86. The molecule has 0 aliphatic heterocycles. The Morgan fingerprint density at radius 1 is 1.08 bits per heavy atom. The van der Waals surface area contributed by atoms with E-state index in [1.165, 1.54) is 0 Å². The highest BCUT2D eigenvalue weighted by Gasteiger charge is 2.44. The lowest BCUT2D eigenvalue weighted by Crippen LogP contribution is -2.40. The van der Waals surface area contributed by atoms with Crippen molar-refractivity contribution in [1.82, 2.24) is 10.6 Å². The molecule has 1 rings (SSSR count). The number of nitriles is 2. The largest absolute Gasteiger partial charge is 0.323 e. The van der Waals surface area contributed by atoms with Crippen LogP contribution in [0.4, 0.5) is 0 Å².